The average molecular weight is 319 g/mol. The molecular weight excluding hydrogens is 300 g/mol. The SMILES string of the molecule is CCOC(C)OCc1cc(OC)c(OC)cc1Br. The number of rotatable bonds is 7. The molecule has 1 atom stereocenters. The van der Waals surface area contributed by atoms with Crippen molar-refractivity contribution < 1.29 is 18.9 Å². The van der Waals surface area contributed by atoms with E-state index in [4.69, 9.17) is 18.9 Å². The van der Waals surface area contributed by atoms with Crippen molar-refractivity contribution in [3.8, 4) is 11.5 Å². The maximum absolute atomic E-state index is 5.57. The zero-order chi connectivity index (χ0) is 13.5. The summed E-state index contributed by atoms with van der Waals surface area (Å²) in [5.74, 6) is 1.37. The third-order valence-electron chi connectivity index (χ3n) is 2.43. The summed E-state index contributed by atoms with van der Waals surface area (Å²) in [6, 6.07) is 3.75. The molecule has 0 radical (unpaired) electrons. The van der Waals surface area contributed by atoms with Gasteiger partial charge in [0.1, 0.15) is 0 Å². The lowest BCUT2D eigenvalue weighted by atomic mass is 10.2. The summed E-state index contributed by atoms with van der Waals surface area (Å²) in [7, 11) is 3.22. The second kappa shape index (κ2) is 7.61. The van der Waals surface area contributed by atoms with Crippen molar-refractivity contribution in [1.82, 2.24) is 0 Å². The van der Waals surface area contributed by atoms with Crippen LogP contribution in [0, 0.1) is 0 Å². The molecule has 0 fully saturated rings. The van der Waals surface area contributed by atoms with Crippen molar-refractivity contribution in [2.45, 2.75) is 26.7 Å². The highest BCUT2D eigenvalue weighted by molar-refractivity contribution is 9.10. The molecule has 18 heavy (non-hydrogen) atoms. The zero-order valence-corrected chi connectivity index (χ0v) is 12.7. The van der Waals surface area contributed by atoms with Crippen molar-refractivity contribution in [2.75, 3.05) is 20.8 Å². The molecule has 0 saturated carbocycles. The Labute approximate surface area is 116 Å². The van der Waals surface area contributed by atoms with Crippen LogP contribution in [-0.4, -0.2) is 27.1 Å². The number of ether oxygens (including phenoxy) is 4. The summed E-state index contributed by atoms with van der Waals surface area (Å²) in [4.78, 5) is 0. The van der Waals surface area contributed by atoms with Gasteiger partial charge in [-0.15, -0.1) is 0 Å². The Balaban J connectivity index is 2.76. The minimum absolute atomic E-state index is 0.227. The van der Waals surface area contributed by atoms with Crippen molar-refractivity contribution >= 4 is 15.9 Å². The Morgan fingerprint density at radius 1 is 1.11 bits per heavy atom. The number of hydrogen-bond donors (Lipinski definition) is 0. The lowest BCUT2D eigenvalue weighted by Crippen LogP contribution is -2.12. The molecule has 102 valence electrons. The van der Waals surface area contributed by atoms with Gasteiger partial charge in [0.25, 0.3) is 0 Å². The third kappa shape index (κ3) is 4.15. The van der Waals surface area contributed by atoms with Crippen LogP contribution in [0.3, 0.4) is 0 Å². The van der Waals surface area contributed by atoms with Gasteiger partial charge in [0.15, 0.2) is 17.8 Å². The van der Waals surface area contributed by atoms with Gasteiger partial charge >= 0.3 is 0 Å². The molecular formula is C13H19BrO4. The fraction of sp³-hybridized carbons (Fsp3) is 0.538. The van der Waals surface area contributed by atoms with Crippen LogP contribution in [-0.2, 0) is 16.1 Å². The molecule has 0 bridgehead atoms. The molecule has 1 rings (SSSR count). The summed E-state index contributed by atoms with van der Waals surface area (Å²) in [5.41, 5.74) is 0.985. The van der Waals surface area contributed by atoms with Gasteiger partial charge in [-0.3, -0.25) is 0 Å². The smallest absolute Gasteiger partial charge is 0.161 e. The van der Waals surface area contributed by atoms with Gasteiger partial charge in [0.2, 0.25) is 0 Å². The maximum atomic E-state index is 5.57. The van der Waals surface area contributed by atoms with Crippen LogP contribution >= 0.6 is 15.9 Å². The molecule has 0 aliphatic heterocycles. The molecule has 0 N–H and O–H groups in total. The van der Waals surface area contributed by atoms with Crippen LogP contribution in [0.15, 0.2) is 16.6 Å². The maximum Gasteiger partial charge on any atom is 0.161 e. The molecule has 0 aromatic heterocycles. The van der Waals surface area contributed by atoms with E-state index in [1.54, 1.807) is 14.2 Å². The first-order valence-corrected chi connectivity index (χ1v) is 6.55. The van der Waals surface area contributed by atoms with Crippen LogP contribution in [0.4, 0.5) is 0 Å². The highest BCUT2D eigenvalue weighted by Crippen LogP contribution is 2.33. The van der Waals surface area contributed by atoms with Crippen LogP contribution in [0.25, 0.3) is 0 Å². The van der Waals surface area contributed by atoms with E-state index in [9.17, 15) is 0 Å². The summed E-state index contributed by atoms with van der Waals surface area (Å²) in [6.45, 7) is 4.89. The van der Waals surface area contributed by atoms with Crippen LogP contribution < -0.4 is 9.47 Å². The van der Waals surface area contributed by atoms with Gasteiger partial charge in [0, 0.05) is 11.1 Å². The largest absolute Gasteiger partial charge is 0.493 e. The summed E-state index contributed by atoms with van der Waals surface area (Å²) in [6.07, 6.45) is -0.227. The monoisotopic (exact) mass is 318 g/mol. The standard InChI is InChI=1S/C13H19BrO4/c1-5-17-9(2)18-8-10-6-12(15-3)13(16-4)7-11(10)14/h6-7,9H,5,8H2,1-4H3. The van der Waals surface area contributed by atoms with Gasteiger partial charge in [-0.25, -0.2) is 0 Å². The molecule has 1 unspecified atom stereocenters. The number of benzene rings is 1. The highest BCUT2D eigenvalue weighted by atomic mass is 79.9. The highest BCUT2D eigenvalue weighted by Gasteiger charge is 2.11. The van der Waals surface area contributed by atoms with E-state index in [0.717, 1.165) is 10.0 Å². The van der Waals surface area contributed by atoms with E-state index in [1.807, 2.05) is 26.0 Å². The minimum Gasteiger partial charge on any atom is -0.493 e. The molecule has 0 saturated heterocycles. The molecule has 0 aliphatic rings. The first-order valence-electron chi connectivity index (χ1n) is 5.76. The van der Waals surface area contributed by atoms with Crippen LogP contribution in [0.1, 0.15) is 19.4 Å². The Morgan fingerprint density at radius 3 is 2.28 bits per heavy atom. The van der Waals surface area contributed by atoms with E-state index >= 15 is 0 Å². The second-order valence-electron chi connectivity index (χ2n) is 3.63. The molecule has 1 aromatic rings. The Kier molecular flexibility index (Phi) is 6.46. The normalized spacial score (nSPS) is 12.3. The van der Waals surface area contributed by atoms with Crippen molar-refractivity contribution in [1.29, 1.82) is 0 Å². The molecule has 5 heteroatoms. The molecule has 1 aromatic carbocycles. The average Bonchev–Trinajstić information content (AvgIpc) is 2.37. The Bertz CT molecular complexity index is 381. The van der Waals surface area contributed by atoms with E-state index < -0.39 is 0 Å². The Hall–Kier alpha value is -0.780. The minimum atomic E-state index is -0.227. The van der Waals surface area contributed by atoms with Gasteiger partial charge in [-0.2, -0.15) is 0 Å². The Morgan fingerprint density at radius 2 is 1.72 bits per heavy atom. The lowest BCUT2D eigenvalue weighted by Gasteiger charge is -2.15. The molecule has 0 amide bonds. The van der Waals surface area contributed by atoms with E-state index in [0.29, 0.717) is 24.7 Å². The van der Waals surface area contributed by atoms with Gasteiger partial charge in [-0.1, -0.05) is 15.9 Å². The van der Waals surface area contributed by atoms with E-state index in [-0.39, 0.29) is 6.29 Å². The first-order chi connectivity index (χ1) is 8.62. The van der Waals surface area contributed by atoms with Crippen LogP contribution in [0.5, 0.6) is 11.5 Å². The summed E-state index contributed by atoms with van der Waals surface area (Å²) in [5, 5.41) is 0. The van der Waals surface area contributed by atoms with Crippen molar-refractivity contribution in [3.63, 3.8) is 0 Å². The zero-order valence-electron chi connectivity index (χ0n) is 11.2. The summed E-state index contributed by atoms with van der Waals surface area (Å²) < 4.78 is 22.3. The lowest BCUT2D eigenvalue weighted by molar-refractivity contribution is -0.134. The topological polar surface area (TPSA) is 36.9 Å². The molecule has 0 spiro atoms. The fourth-order valence-electron chi connectivity index (χ4n) is 1.50. The second-order valence-corrected chi connectivity index (χ2v) is 4.49. The predicted octanol–water partition coefficient (Wildman–Crippen LogP) is 3.37. The molecule has 4 nitrogen and oxygen atoms in total. The number of methoxy groups -OCH3 is 2. The van der Waals surface area contributed by atoms with Crippen molar-refractivity contribution in [3.05, 3.63) is 22.2 Å². The summed E-state index contributed by atoms with van der Waals surface area (Å²) >= 11 is 3.48. The quantitative estimate of drug-likeness (QED) is 0.722. The van der Waals surface area contributed by atoms with E-state index in [2.05, 4.69) is 15.9 Å². The number of halogens is 1. The molecule has 0 heterocycles. The molecule has 0 aliphatic carbocycles. The third-order valence-corrected chi connectivity index (χ3v) is 3.17. The number of hydrogen-bond acceptors (Lipinski definition) is 4. The van der Waals surface area contributed by atoms with E-state index in [1.165, 1.54) is 0 Å². The van der Waals surface area contributed by atoms with Crippen LogP contribution in [0.2, 0.25) is 0 Å². The van der Waals surface area contributed by atoms with Gasteiger partial charge < -0.3 is 18.9 Å². The van der Waals surface area contributed by atoms with Gasteiger partial charge in [-0.05, 0) is 31.5 Å². The fourth-order valence-corrected chi connectivity index (χ4v) is 1.93. The predicted molar refractivity (Wildman–Crippen MR) is 73.1 cm³/mol. The van der Waals surface area contributed by atoms with Crippen molar-refractivity contribution in [2.24, 2.45) is 0 Å². The first kappa shape index (κ1) is 15.3. The van der Waals surface area contributed by atoms with Gasteiger partial charge in [0.05, 0.1) is 20.8 Å².